The van der Waals surface area contributed by atoms with Crippen molar-refractivity contribution < 1.29 is 9.53 Å². The van der Waals surface area contributed by atoms with Crippen molar-refractivity contribution in [2.75, 3.05) is 39.8 Å². The third kappa shape index (κ3) is 6.92. The minimum absolute atomic E-state index is 0.0348. The van der Waals surface area contributed by atoms with Crippen molar-refractivity contribution in [3.8, 4) is 5.75 Å². The molecule has 2 aliphatic rings. The van der Waals surface area contributed by atoms with Crippen LogP contribution in [-0.2, 0) is 11.3 Å². The van der Waals surface area contributed by atoms with Gasteiger partial charge in [0, 0.05) is 26.2 Å². The van der Waals surface area contributed by atoms with E-state index in [-0.39, 0.29) is 11.9 Å². The summed E-state index contributed by atoms with van der Waals surface area (Å²) >= 11 is 0. The van der Waals surface area contributed by atoms with Crippen molar-refractivity contribution in [3.05, 3.63) is 71.8 Å². The average Bonchev–Trinajstić information content (AvgIpc) is 2.86. The first kappa shape index (κ1) is 23.5. The van der Waals surface area contributed by atoms with Gasteiger partial charge in [-0.05, 0) is 68.1 Å². The van der Waals surface area contributed by atoms with Gasteiger partial charge in [0.05, 0.1) is 12.6 Å². The number of hydrogen-bond acceptors (Lipinski definition) is 4. The maximum Gasteiger partial charge on any atom is 0.237 e. The molecular weight excluding hydrogens is 410 g/mol. The molecule has 33 heavy (non-hydrogen) atoms. The molecular formula is C28H37N3O2. The van der Waals surface area contributed by atoms with E-state index in [1.54, 1.807) is 0 Å². The van der Waals surface area contributed by atoms with Crippen molar-refractivity contribution in [2.45, 2.75) is 44.7 Å². The Morgan fingerprint density at radius 1 is 1.06 bits per heavy atom. The minimum atomic E-state index is 0.0348. The fourth-order valence-electron chi connectivity index (χ4n) is 4.72. The van der Waals surface area contributed by atoms with Crippen molar-refractivity contribution in [2.24, 2.45) is 0 Å². The zero-order valence-corrected chi connectivity index (χ0v) is 19.8. The molecule has 176 valence electrons. The first-order valence-corrected chi connectivity index (χ1v) is 12.4. The van der Waals surface area contributed by atoms with Crippen LogP contribution < -0.4 is 10.1 Å². The summed E-state index contributed by atoms with van der Waals surface area (Å²) in [6.07, 6.45) is 7.57. The zero-order valence-electron chi connectivity index (χ0n) is 19.8. The molecule has 0 spiro atoms. The summed E-state index contributed by atoms with van der Waals surface area (Å²) in [6, 6.07) is 19.2. The lowest BCUT2D eigenvalue weighted by molar-refractivity contribution is -0.127. The number of likely N-dealkylation sites (tertiary alicyclic amines) is 1. The van der Waals surface area contributed by atoms with Crippen molar-refractivity contribution in [1.29, 1.82) is 0 Å². The molecule has 1 saturated heterocycles. The summed E-state index contributed by atoms with van der Waals surface area (Å²) in [7, 11) is 2.04. The molecule has 1 fully saturated rings. The number of ether oxygens (including phenoxy) is 1. The number of piperidine rings is 1. The second kappa shape index (κ2) is 12.0. The molecule has 1 amide bonds. The van der Waals surface area contributed by atoms with Crippen LogP contribution in [0.1, 0.15) is 43.2 Å². The van der Waals surface area contributed by atoms with Crippen LogP contribution in [0.5, 0.6) is 5.75 Å². The third-order valence-electron chi connectivity index (χ3n) is 6.73. The summed E-state index contributed by atoms with van der Waals surface area (Å²) < 4.78 is 5.88. The lowest BCUT2D eigenvalue weighted by atomic mass is 9.99. The van der Waals surface area contributed by atoms with Gasteiger partial charge < -0.3 is 10.1 Å². The van der Waals surface area contributed by atoms with Crippen LogP contribution in [0.3, 0.4) is 0 Å². The van der Waals surface area contributed by atoms with Gasteiger partial charge in [0.2, 0.25) is 5.91 Å². The Bertz CT molecular complexity index is 910. The minimum Gasteiger partial charge on any atom is -0.494 e. The normalized spacial score (nSPS) is 19.7. The van der Waals surface area contributed by atoms with Gasteiger partial charge >= 0.3 is 0 Å². The molecule has 5 heteroatoms. The topological polar surface area (TPSA) is 44.8 Å². The van der Waals surface area contributed by atoms with Crippen molar-refractivity contribution in [3.63, 3.8) is 0 Å². The van der Waals surface area contributed by atoms with Crippen LogP contribution in [-0.4, -0.2) is 61.6 Å². The molecule has 2 aromatic carbocycles. The zero-order chi connectivity index (χ0) is 22.9. The van der Waals surface area contributed by atoms with Crippen LogP contribution in [0.15, 0.2) is 60.7 Å². The maximum atomic E-state index is 12.3. The number of benzene rings is 2. The number of nitrogens with one attached hydrogen (secondary N) is 1. The van der Waals surface area contributed by atoms with E-state index >= 15 is 0 Å². The Labute approximate surface area is 198 Å². The number of rotatable bonds is 9. The van der Waals surface area contributed by atoms with E-state index in [1.807, 2.05) is 7.05 Å². The van der Waals surface area contributed by atoms with Crippen LogP contribution in [0.25, 0.3) is 5.57 Å². The van der Waals surface area contributed by atoms with Gasteiger partial charge in [-0.2, -0.15) is 0 Å². The molecule has 2 aliphatic heterocycles. The van der Waals surface area contributed by atoms with E-state index in [0.29, 0.717) is 13.2 Å². The number of amides is 1. The van der Waals surface area contributed by atoms with Crippen LogP contribution in [0.2, 0.25) is 0 Å². The van der Waals surface area contributed by atoms with Gasteiger partial charge in [0.1, 0.15) is 5.75 Å². The maximum absolute atomic E-state index is 12.3. The molecule has 2 heterocycles. The highest BCUT2D eigenvalue weighted by Crippen LogP contribution is 2.23. The molecule has 4 rings (SSSR count). The Morgan fingerprint density at radius 2 is 1.88 bits per heavy atom. The highest BCUT2D eigenvalue weighted by atomic mass is 16.5. The highest BCUT2D eigenvalue weighted by molar-refractivity contribution is 5.81. The molecule has 0 radical (unpaired) electrons. The second-order valence-electron chi connectivity index (χ2n) is 9.21. The lowest BCUT2D eigenvalue weighted by Gasteiger charge is -2.31. The Morgan fingerprint density at radius 3 is 2.61 bits per heavy atom. The molecule has 5 nitrogen and oxygen atoms in total. The molecule has 1 atom stereocenters. The summed E-state index contributed by atoms with van der Waals surface area (Å²) in [5.74, 6) is 1.05. The molecule has 0 saturated carbocycles. The van der Waals surface area contributed by atoms with Crippen molar-refractivity contribution in [1.82, 2.24) is 15.1 Å². The van der Waals surface area contributed by atoms with Gasteiger partial charge in [-0.25, -0.2) is 0 Å². The summed E-state index contributed by atoms with van der Waals surface area (Å²) in [5.41, 5.74) is 4.11. The van der Waals surface area contributed by atoms with E-state index < -0.39 is 0 Å². The fourth-order valence-corrected chi connectivity index (χ4v) is 4.72. The molecule has 1 unspecified atom stereocenters. The quantitative estimate of drug-likeness (QED) is 0.581. The number of nitrogens with zero attached hydrogens (tertiary/aromatic N) is 2. The molecule has 0 bridgehead atoms. The van der Waals surface area contributed by atoms with Gasteiger partial charge in [0.25, 0.3) is 0 Å². The Hall–Kier alpha value is -2.63. The predicted octanol–water partition coefficient (Wildman–Crippen LogP) is 4.35. The first-order valence-electron chi connectivity index (χ1n) is 12.4. The monoisotopic (exact) mass is 447 g/mol. The largest absolute Gasteiger partial charge is 0.494 e. The fraction of sp³-hybridized carbons (Fsp3) is 0.464. The van der Waals surface area contributed by atoms with E-state index in [9.17, 15) is 4.79 Å². The number of carbonyl (C=O) groups excluding carboxylic acids is 1. The van der Waals surface area contributed by atoms with Crippen LogP contribution in [0, 0.1) is 0 Å². The van der Waals surface area contributed by atoms with Crippen molar-refractivity contribution >= 4 is 11.5 Å². The highest BCUT2D eigenvalue weighted by Gasteiger charge is 2.25. The SMILES string of the molecule is CN1CCCCC1C(=O)NCCCOc1ccc(CN2CC=C(c3ccccc3)CC2)cc1. The Kier molecular flexibility index (Phi) is 8.56. The predicted molar refractivity (Wildman–Crippen MR) is 134 cm³/mol. The standard InChI is InChI=1S/C28H37N3O2/c1-30-18-6-5-10-27(30)28(32)29-17-7-21-33-26-13-11-23(12-14-26)22-31-19-15-25(16-20-31)24-8-3-2-4-9-24/h2-4,8-9,11-15,27H,5-7,10,16-22H2,1H3,(H,29,32). The van der Waals surface area contributed by atoms with E-state index in [0.717, 1.165) is 57.6 Å². The molecule has 2 aromatic rings. The second-order valence-corrected chi connectivity index (χ2v) is 9.21. The summed E-state index contributed by atoms with van der Waals surface area (Å²) in [5, 5.41) is 3.07. The van der Waals surface area contributed by atoms with Gasteiger partial charge in [0.15, 0.2) is 0 Å². The smallest absolute Gasteiger partial charge is 0.237 e. The van der Waals surface area contributed by atoms with Crippen LogP contribution in [0.4, 0.5) is 0 Å². The molecule has 0 aliphatic carbocycles. The van der Waals surface area contributed by atoms with Gasteiger partial charge in [-0.1, -0.05) is 55.0 Å². The van der Waals surface area contributed by atoms with Gasteiger partial charge in [-0.3, -0.25) is 14.6 Å². The summed E-state index contributed by atoms with van der Waals surface area (Å²) in [4.78, 5) is 17.0. The van der Waals surface area contributed by atoms with Gasteiger partial charge in [-0.15, -0.1) is 0 Å². The lowest BCUT2D eigenvalue weighted by Crippen LogP contribution is -2.47. The van der Waals surface area contributed by atoms with E-state index in [4.69, 9.17) is 4.74 Å². The summed E-state index contributed by atoms with van der Waals surface area (Å²) in [6.45, 7) is 5.32. The van der Waals surface area contributed by atoms with E-state index in [2.05, 4.69) is 75.8 Å². The first-order chi connectivity index (χ1) is 16.2. The number of hydrogen-bond donors (Lipinski definition) is 1. The van der Waals surface area contributed by atoms with E-state index in [1.165, 1.54) is 23.1 Å². The third-order valence-corrected chi connectivity index (χ3v) is 6.73. The molecule has 1 N–H and O–H groups in total. The van der Waals surface area contributed by atoms with Crippen LogP contribution >= 0.6 is 0 Å². The molecule has 0 aromatic heterocycles. The Balaban J connectivity index is 1.14. The average molecular weight is 448 g/mol. The number of likely N-dealkylation sites (N-methyl/N-ethyl adjacent to an activating group) is 1. The number of carbonyl (C=O) groups is 1.